The molecule has 0 aliphatic heterocycles. The molecule has 0 radical (unpaired) electrons. The summed E-state index contributed by atoms with van der Waals surface area (Å²) in [5, 5.41) is 19.9. The summed E-state index contributed by atoms with van der Waals surface area (Å²) in [5.74, 6) is -0.0861. The lowest BCUT2D eigenvalue weighted by Crippen LogP contribution is -2.28. The van der Waals surface area contributed by atoms with E-state index in [0.29, 0.717) is 32.9 Å². The van der Waals surface area contributed by atoms with Gasteiger partial charge in [-0.15, -0.1) is 0 Å². The standard InChI is InChI=1S/C21H19N3O4S/c1-13(25)11-24-19(26)17-8-7-14(20(27)28-2)9-18(17)23-21(24)29-12-16-6-4-3-5-15(16)10-22/h3-9,13,25H,11-12H2,1-2H3/t13-/m0/s1. The molecule has 0 saturated carbocycles. The van der Waals surface area contributed by atoms with Crippen molar-refractivity contribution in [3.05, 3.63) is 69.5 Å². The van der Waals surface area contributed by atoms with E-state index in [1.54, 1.807) is 19.1 Å². The van der Waals surface area contributed by atoms with Crippen LogP contribution >= 0.6 is 11.8 Å². The van der Waals surface area contributed by atoms with Crippen molar-refractivity contribution in [2.75, 3.05) is 7.11 Å². The maximum absolute atomic E-state index is 13.0. The van der Waals surface area contributed by atoms with Gasteiger partial charge in [0.25, 0.3) is 5.56 Å². The molecule has 1 aromatic heterocycles. The van der Waals surface area contributed by atoms with Crippen LogP contribution in [-0.2, 0) is 17.0 Å². The second-order valence-corrected chi connectivity index (χ2v) is 7.38. The summed E-state index contributed by atoms with van der Waals surface area (Å²) in [4.78, 5) is 29.4. The first-order chi connectivity index (χ1) is 13.9. The normalized spacial score (nSPS) is 11.8. The number of aliphatic hydroxyl groups excluding tert-OH is 1. The first-order valence-electron chi connectivity index (χ1n) is 8.86. The van der Waals surface area contributed by atoms with Crippen LogP contribution in [0.25, 0.3) is 10.9 Å². The maximum atomic E-state index is 13.0. The number of ether oxygens (including phenoxy) is 1. The van der Waals surface area contributed by atoms with Crippen LogP contribution in [0, 0.1) is 11.3 Å². The van der Waals surface area contributed by atoms with Gasteiger partial charge in [-0.1, -0.05) is 30.0 Å². The average Bonchev–Trinajstić information content (AvgIpc) is 2.73. The first-order valence-corrected chi connectivity index (χ1v) is 9.85. The van der Waals surface area contributed by atoms with Crippen molar-refractivity contribution in [1.29, 1.82) is 5.26 Å². The number of nitriles is 1. The van der Waals surface area contributed by atoms with E-state index >= 15 is 0 Å². The molecule has 29 heavy (non-hydrogen) atoms. The number of benzene rings is 2. The zero-order valence-electron chi connectivity index (χ0n) is 16.0. The molecule has 0 fully saturated rings. The second kappa shape index (κ2) is 8.90. The van der Waals surface area contributed by atoms with Gasteiger partial charge in [-0.3, -0.25) is 9.36 Å². The predicted molar refractivity (Wildman–Crippen MR) is 110 cm³/mol. The van der Waals surface area contributed by atoms with Crippen LogP contribution in [0.4, 0.5) is 0 Å². The minimum Gasteiger partial charge on any atom is -0.465 e. The van der Waals surface area contributed by atoms with Gasteiger partial charge in [0, 0.05) is 5.75 Å². The molecule has 3 rings (SSSR count). The molecular weight excluding hydrogens is 390 g/mol. The van der Waals surface area contributed by atoms with Crippen LogP contribution in [-0.4, -0.2) is 33.8 Å². The third kappa shape index (κ3) is 4.47. The molecule has 0 spiro atoms. The Balaban J connectivity index is 2.08. The molecule has 148 valence electrons. The molecule has 0 aliphatic carbocycles. The van der Waals surface area contributed by atoms with E-state index < -0.39 is 12.1 Å². The summed E-state index contributed by atoms with van der Waals surface area (Å²) in [7, 11) is 1.29. The molecule has 1 heterocycles. The van der Waals surface area contributed by atoms with Crippen molar-refractivity contribution >= 4 is 28.6 Å². The zero-order chi connectivity index (χ0) is 21.0. The first kappa shape index (κ1) is 20.6. The number of esters is 1. The summed E-state index contributed by atoms with van der Waals surface area (Å²) >= 11 is 1.29. The van der Waals surface area contributed by atoms with E-state index in [4.69, 9.17) is 4.74 Å². The molecule has 0 aliphatic rings. The van der Waals surface area contributed by atoms with Crippen molar-refractivity contribution in [3.8, 4) is 6.07 Å². The molecule has 8 heteroatoms. The highest BCUT2D eigenvalue weighted by molar-refractivity contribution is 7.98. The number of rotatable bonds is 6. The summed E-state index contributed by atoms with van der Waals surface area (Å²) in [6.07, 6.45) is -0.743. The fourth-order valence-electron chi connectivity index (χ4n) is 2.88. The molecule has 7 nitrogen and oxygen atoms in total. The molecule has 0 saturated heterocycles. The van der Waals surface area contributed by atoms with E-state index in [1.807, 2.05) is 12.1 Å². The number of aromatic nitrogens is 2. The monoisotopic (exact) mass is 409 g/mol. The highest BCUT2D eigenvalue weighted by Gasteiger charge is 2.16. The van der Waals surface area contributed by atoms with Crippen LogP contribution in [0.1, 0.15) is 28.4 Å². The Bertz CT molecular complexity index is 1160. The lowest BCUT2D eigenvalue weighted by Gasteiger charge is -2.15. The molecule has 1 atom stereocenters. The van der Waals surface area contributed by atoms with Crippen LogP contribution in [0.15, 0.2) is 52.4 Å². The lowest BCUT2D eigenvalue weighted by molar-refractivity contribution is 0.0601. The van der Waals surface area contributed by atoms with Gasteiger partial charge in [-0.2, -0.15) is 5.26 Å². The van der Waals surface area contributed by atoms with Crippen LogP contribution in [0.2, 0.25) is 0 Å². The number of carbonyl (C=O) groups excluding carboxylic acids is 1. The lowest BCUT2D eigenvalue weighted by atomic mass is 10.1. The summed E-state index contributed by atoms with van der Waals surface area (Å²) in [5.41, 5.74) is 1.74. The number of hydrogen-bond acceptors (Lipinski definition) is 7. The number of thioether (sulfide) groups is 1. The minimum absolute atomic E-state index is 0.0861. The van der Waals surface area contributed by atoms with Gasteiger partial charge in [0.15, 0.2) is 5.16 Å². The maximum Gasteiger partial charge on any atom is 0.337 e. The molecule has 0 bridgehead atoms. The van der Waals surface area contributed by atoms with Gasteiger partial charge in [-0.25, -0.2) is 9.78 Å². The van der Waals surface area contributed by atoms with Crippen molar-refractivity contribution in [2.45, 2.75) is 30.5 Å². The number of carbonyl (C=O) groups is 1. The highest BCUT2D eigenvalue weighted by Crippen LogP contribution is 2.24. The number of fused-ring (bicyclic) bond motifs is 1. The highest BCUT2D eigenvalue weighted by atomic mass is 32.2. The van der Waals surface area contributed by atoms with Crippen LogP contribution < -0.4 is 5.56 Å². The zero-order valence-corrected chi connectivity index (χ0v) is 16.8. The van der Waals surface area contributed by atoms with Gasteiger partial charge in [-0.05, 0) is 36.8 Å². The van der Waals surface area contributed by atoms with E-state index in [-0.39, 0.29) is 12.1 Å². The van der Waals surface area contributed by atoms with E-state index in [2.05, 4.69) is 11.1 Å². The predicted octanol–water partition coefficient (Wildman–Crippen LogP) is 2.73. The summed E-state index contributed by atoms with van der Waals surface area (Å²) in [6.45, 7) is 1.68. The third-order valence-corrected chi connectivity index (χ3v) is 5.31. The topological polar surface area (TPSA) is 105 Å². The van der Waals surface area contributed by atoms with Gasteiger partial charge >= 0.3 is 5.97 Å². The second-order valence-electron chi connectivity index (χ2n) is 6.44. The summed E-state index contributed by atoms with van der Waals surface area (Å²) in [6, 6.07) is 13.9. The Morgan fingerprint density at radius 2 is 2.10 bits per heavy atom. The van der Waals surface area contributed by atoms with Gasteiger partial charge in [0.1, 0.15) is 0 Å². The number of hydrogen-bond donors (Lipinski definition) is 1. The molecule has 1 N–H and O–H groups in total. The van der Waals surface area contributed by atoms with Crippen molar-refractivity contribution < 1.29 is 14.6 Å². The van der Waals surface area contributed by atoms with Crippen molar-refractivity contribution in [3.63, 3.8) is 0 Å². The van der Waals surface area contributed by atoms with Crippen molar-refractivity contribution in [1.82, 2.24) is 9.55 Å². The molecule has 0 unspecified atom stereocenters. The smallest absolute Gasteiger partial charge is 0.337 e. The quantitative estimate of drug-likeness (QED) is 0.379. The van der Waals surface area contributed by atoms with E-state index in [0.717, 1.165) is 5.56 Å². The van der Waals surface area contributed by atoms with Crippen LogP contribution in [0.3, 0.4) is 0 Å². The van der Waals surface area contributed by atoms with E-state index in [1.165, 1.54) is 41.6 Å². The van der Waals surface area contributed by atoms with E-state index in [9.17, 15) is 20.0 Å². The Morgan fingerprint density at radius 1 is 1.34 bits per heavy atom. The summed E-state index contributed by atoms with van der Waals surface area (Å²) < 4.78 is 6.16. The minimum atomic E-state index is -0.743. The van der Waals surface area contributed by atoms with Crippen molar-refractivity contribution in [2.24, 2.45) is 0 Å². The Morgan fingerprint density at radius 3 is 2.79 bits per heavy atom. The molecule has 0 amide bonds. The number of methoxy groups -OCH3 is 1. The Labute approximate surface area is 171 Å². The fourth-order valence-corrected chi connectivity index (χ4v) is 3.89. The third-order valence-electron chi connectivity index (χ3n) is 4.28. The van der Waals surface area contributed by atoms with Gasteiger partial charge < -0.3 is 9.84 Å². The van der Waals surface area contributed by atoms with Gasteiger partial charge in [0.2, 0.25) is 0 Å². The molecule has 2 aromatic carbocycles. The average molecular weight is 409 g/mol. The Hall–Kier alpha value is -3.15. The fraction of sp³-hybridized carbons (Fsp3) is 0.238. The number of aliphatic hydroxyl groups is 1. The number of nitrogens with zero attached hydrogens (tertiary/aromatic N) is 3. The Kier molecular flexibility index (Phi) is 6.32. The van der Waals surface area contributed by atoms with Crippen LogP contribution in [0.5, 0.6) is 0 Å². The largest absolute Gasteiger partial charge is 0.465 e. The molecule has 3 aromatic rings. The SMILES string of the molecule is COC(=O)c1ccc2c(=O)n(C[C@H](C)O)c(SCc3ccccc3C#N)nc2c1. The van der Waals surface area contributed by atoms with Gasteiger partial charge in [0.05, 0.1) is 47.9 Å². The molecular formula is C21H19N3O4S.